The maximum atomic E-state index is 13.6. The smallest absolute Gasteiger partial charge is 0.281 e. The number of benzene rings is 3. The van der Waals surface area contributed by atoms with Crippen LogP contribution in [-0.4, -0.2) is 87.1 Å². The number of hydrogen-bond donors (Lipinski definition) is 2. The van der Waals surface area contributed by atoms with Crippen LogP contribution in [0.1, 0.15) is 101 Å². The first-order valence-corrected chi connectivity index (χ1v) is 20.7. The number of anilines is 1. The van der Waals surface area contributed by atoms with Crippen molar-refractivity contribution in [3.05, 3.63) is 109 Å². The SMILES string of the molecule is CN1NN(c2ccc3c(c2)C(=O)N(C2(C=O)CCC(=O)NC2)C3=O)C=C1CN1CCC(c2ccc3c(c2)-n2c(nc(=O)c4c(Br)cccc42)C32CCCCC2)CC1. The maximum Gasteiger partial charge on any atom is 0.281 e. The molecule has 57 heavy (non-hydrogen) atoms. The lowest BCUT2D eigenvalue weighted by molar-refractivity contribution is -0.127. The first kappa shape index (κ1) is 36.2. The first-order chi connectivity index (χ1) is 27.6. The molecule has 292 valence electrons. The normalized spacial score (nSPS) is 23.2. The van der Waals surface area contributed by atoms with E-state index in [0.29, 0.717) is 23.3 Å². The molecule has 4 aromatic rings. The minimum atomic E-state index is -1.40. The largest absolute Gasteiger partial charge is 0.353 e. The van der Waals surface area contributed by atoms with Crippen LogP contribution < -0.4 is 21.4 Å². The minimum absolute atomic E-state index is 0.0639. The quantitative estimate of drug-likeness (QED) is 0.201. The van der Waals surface area contributed by atoms with Crippen LogP contribution in [0.15, 0.2) is 75.8 Å². The lowest BCUT2D eigenvalue weighted by atomic mass is 9.69. The molecule has 2 saturated heterocycles. The number of aromatic nitrogens is 2. The fraction of sp³-hybridized carbons (Fsp3) is 0.395. The van der Waals surface area contributed by atoms with E-state index in [1.54, 1.807) is 18.2 Å². The van der Waals surface area contributed by atoms with E-state index in [1.165, 1.54) is 23.2 Å². The number of aldehydes is 1. The molecule has 1 atom stereocenters. The second kappa shape index (κ2) is 13.5. The van der Waals surface area contributed by atoms with E-state index in [4.69, 9.17) is 4.98 Å². The molecule has 2 N–H and O–H groups in total. The summed E-state index contributed by atoms with van der Waals surface area (Å²) in [6.07, 6.45) is 10.3. The third-order valence-electron chi connectivity index (χ3n) is 13.4. The van der Waals surface area contributed by atoms with E-state index in [1.807, 2.05) is 35.4 Å². The minimum Gasteiger partial charge on any atom is -0.353 e. The number of nitrogens with zero attached hydrogens (tertiary/aromatic N) is 6. The number of hydrazine groups is 2. The highest BCUT2D eigenvalue weighted by atomic mass is 79.9. The summed E-state index contributed by atoms with van der Waals surface area (Å²) in [6.45, 7) is 2.51. The van der Waals surface area contributed by atoms with E-state index < -0.39 is 17.4 Å². The highest BCUT2D eigenvalue weighted by Gasteiger charge is 2.51. The van der Waals surface area contributed by atoms with Crippen LogP contribution in [0.25, 0.3) is 16.6 Å². The van der Waals surface area contributed by atoms with Crippen LogP contribution >= 0.6 is 15.9 Å². The number of carbonyl (C=O) groups excluding carboxylic acids is 4. The fourth-order valence-electron chi connectivity index (χ4n) is 10.3. The topological polar surface area (TPSA) is 140 Å². The third-order valence-corrected chi connectivity index (χ3v) is 14.0. The number of hydrogen-bond acceptors (Lipinski definition) is 10. The molecular weight excluding hydrogens is 788 g/mol. The van der Waals surface area contributed by atoms with Gasteiger partial charge < -0.3 is 10.1 Å². The van der Waals surface area contributed by atoms with Gasteiger partial charge in [-0.15, -0.1) is 5.53 Å². The van der Waals surface area contributed by atoms with Gasteiger partial charge in [0.25, 0.3) is 17.4 Å². The second-order valence-electron chi connectivity index (χ2n) is 16.5. The molecule has 5 aliphatic heterocycles. The highest BCUT2D eigenvalue weighted by molar-refractivity contribution is 9.10. The predicted molar refractivity (Wildman–Crippen MR) is 217 cm³/mol. The molecule has 10 rings (SSSR count). The molecule has 1 spiro atoms. The number of likely N-dealkylation sites (N-methyl/N-ethyl adjacent to an activating group) is 1. The predicted octanol–water partition coefficient (Wildman–Crippen LogP) is 5.05. The van der Waals surface area contributed by atoms with E-state index in [2.05, 4.69) is 60.5 Å². The Bertz CT molecular complexity index is 2490. The number of nitrogens with one attached hydrogen (secondary N) is 2. The van der Waals surface area contributed by atoms with Crippen molar-refractivity contribution in [3.63, 3.8) is 0 Å². The number of amides is 3. The zero-order valence-corrected chi connectivity index (χ0v) is 33.3. The number of likely N-dealkylation sites (tertiary alicyclic amines) is 1. The van der Waals surface area contributed by atoms with Crippen molar-refractivity contribution in [3.8, 4) is 5.69 Å². The number of fused-ring (bicyclic) bond motifs is 8. The number of halogens is 1. The number of imide groups is 1. The maximum absolute atomic E-state index is 13.6. The Morgan fingerprint density at radius 1 is 0.930 bits per heavy atom. The van der Waals surface area contributed by atoms with Gasteiger partial charge in [-0.2, -0.15) is 4.98 Å². The molecule has 14 heteroatoms. The monoisotopic (exact) mass is 830 g/mol. The molecule has 1 aromatic heterocycles. The van der Waals surface area contributed by atoms with Gasteiger partial charge in [-0.1, -0.05) is 37.5 Å². The Hall–Kier alpha value is -5.18. The van der Waals surface area contributed by atoms with Gasteiger partial charge in [0.05, 0.1) is 44.5 Å². The van der Waals surface area contributed by atoms with E-state index in [-0.39, 0.29) is 47.4 Å². The molecular formula is C43H43BrN8O5. The van der Waals surface area contributed by atoms with Crippen molar-refractivity contribution in [1.29, 1.82) is 0 Å². The number of carbonyl (C=O) groups is 4. The van der Waals surface area contributed by atoms with Crippen molar-refractivity contribution in [2.24, 2.45) is 0 Å². The van der Waals surface area contributed by atoms with Gasteiger partial charge in [0.1, 0.15) is 17.6 Å². The molecule has 1 aliphatic carbocycles. The Balaban J connectivity index is 0.853. The standard InChI is InChI=1S/C43H43BrN8O5/c1-48-29(23-50(47-48)28-9-10-30-31(21-28)40(57)52(39(30)56)42(25-53)17-12-36(54)45-24-42)22-49-18-13-26(14-19-49)27-8-11-32-35(20-27)51-34-7-5-6-33(44)37(34)38(55)46-41(51)43(32)15-3-2-4-16-43/h5-11,20-21,23,25-26,47H,2-4,12-19,22,24H2,1H3,(H,45,54). The van der Waals surface area contributed by atoms with Gasteiger partial charge in [0.2, 0.25) is 5.91 Å². The molecule has 1 unspecified atom stereocenters. The highest BCUT2D eigenvalue weighted by Crippen LogP contribution is 2.52. The second-order valence-corrected chi connectivity index (χ2v) is 17.4. The van der Waals surface area contributed by atoms with Crippen molar-refractivity contribution in [1.82, 2.24) is 35.2 Å². The molecule has 0 radical (unpaired) electrons. The average molecular weight is 832 g/mol. The summed E-state index contributed by atoms with van der Waals surface area (Å²) in [5.41, 5.74) is 8.48. The Kier molecular flexibility index (Phi) is 8.54. The van der Waals surface area contributed by atoms with Crippen LogP contribution in [0.3, 0.4) is 0 Å². The summed E-state index contributed by atoms with van der Waals surface area (Å²) in [4.78, 5) is 72.9. The molecule has 3 amide bonds. The van der Waals surface area contributed by atoms with Crippen molar-refractivity contribution in [2.75, 3.05) is 38.2 Å². The third kappa shape index (κ3) is 5.54. The van der Waals surface area contributed by atoms with Crippen molar-refractivity contribution >= 4 is 56.5 Å². The molecule has 6 heterocycles. The number of piperidine rings is 2. The fourth-order valence-corrected chi connectivity index (χ4v) is 10.8. The zero-order valence-electron chi connectivity index (χ0n) is 31.7. The summed E-state index contributed by atoms with van der Waals surface area (Å²) in [5.74, 6) is 0.0441. The van der Waals surface area contributed by atoms with Crippen molar-refractivity contribution < 1.29 is 19.2 Å². The van der Waals surface area contributed by atoms with E-state index in [9.17, 15) is 24.0 Å². The van der Waals surface area contributed by atoms with Crippen LogP contribution in [0.4, 0.5) is 5.69 Å². The van der Waals surface area contributed by atoms with Gasteiger partial charge in [-0.25, -0.2) is 0 Å². The molecule has 6 aliphatic rings. The summed E-state index contributed by atoms with van der Waals surface area (Å²) >= 11 is 3.63. The molecule has 1 saturated carbocycles. The van der Waals surface area contributed by atoms with Gasteiger partial charge in [0, 0.05) is 37.2 Å². The molecule has 3 aromatic carbocycles. The lowest BCUT2D eigenvalue weighted by Gasteiger charge is -2.38. The zero-order chi connectivity index (χ0) is 39.2. The van der Waals surface area contributed by atoms with Crippen LogP contribution in [0, 0.1) is 0 Å². The van der Waals surface area contributed by atoms with Gasteiger partial charge in [-0.3, -0.25) is 43.6 Å². The van der Waals surface area contributed by atoms with E-state index in [0.717, 1.165) is 84.6 Å². The average Bonchev–Trinajstić information content (AvgIpc) is 3.81. The van der Waals surface area contributed by atoms with Crippen LogP contribution in [0.5, 0.6) is 0 Å². The van der Waals surface area contributed by atoms with Gasteiger partial charge >= 0.3 is 0 Å². The summed E-state index contributed by atoms with van der Waals surface area (Å²) in [7, 11) is 1.96. The summed E-state index contributed by atoms with van der Waals surface area (Å²) in [5, 5.41) is 7.07. The Labute approximate surface area is 337 Å². The summed E-state index contributed by atoms with van der Waals surface area (Å²) < 4.78 is 3.06. The van der Waals surface area contributed by atoms with Crippen LogP contribution in [-0.2, 0) is 15.0 Å². The van der Waals surface area contributed by atoms with E-state index >= 15 is 0 Å². The van der Waals surface area contributed by atoms with Gasteiger partial charge in [-0.05, 0) is 115 Å². The molecule has 0 bridgehead atoms. The van der Waals surface area contributed by atoms with Crippen molar-refractivity contribution in [2.45, 2.75) is 74.7 Å². The first-order valence-electron chi connectivity index (χ1n) is 20.0. The van der Waals surface area contributed by atoms with Crippen LogP contribution in [0.2, 0.25) is 0 Å². The summed E-state index contributed by atoms with van der Waals surface area (Å²) in [6, 6.07) is 18.1. The molecule has 13 nitrogen and oxygen atoms in total. The van der Waals surface area contributed by atoms with Gasteiger partial charge in [0.15, 0.2) is 0 Å². The Morgan fingerprint density at radius 2 is 1.72 bits per heavy atom. The number of rotatable bonds is 6. The lowest BCUT2D eigenvalue weighted by Crippen LogP contribution is -2.61. The molecule has 3 fully saturated rings. The Morgan fingerprint density at radius 3 is 2.47 bits per heavy atom.